The van der Waals surface area contributed by atoms with Crippen LogP contribution >= 0.6 is 12.4 Å². The topological polar surface area (TPSA) is 39.3 Å². The number of hydrogen-bond donors (Lipinski definition) is 0. The number of imidazole rings is 1. The van der Waals surface area contributed by atoms with Crippen molar-refractivity contribution in [2.75, 3.05) is 0 Å². The lowest BCUT2D eigenvalue weighted by atomic mass is 10.3. The van der Waals surface area contributed by atoms with E-state index >= 15 is 0 Å². The van der Waals surface area contributed by atoms with E-state index in [1.165, 1.54) is 0 Å². The molecule has 0 aliphatic carbocycles. The van der Waals surface area contributed by atoms with Crippen LogP contribution in [0.4, 0.5) is 0 Å². The summed E-state index contributed by atoms with van der Waals surface area (Å²) in [6, 6.07) is 8.00. The van der Waals surface area contributed by atoms with Crippen LogP contribution in [0.15, 0.2) is 41.9 Å². The van der Waals surface area contributed by atoms with Gasteiger partial charge in [-0.15, -0.1) is 19.0 Å². The SMILES string of the molecule is C=CCn1c(=NC(=O)CC)n(C)c2ccccc21.Cl. The molecule has 4 nitrogen and oxygen atoms in total. The molecule has 5 heteroatoms. The van der Waals surface area contributed by atoms with Gasteiger partial charge in [0.2, 0.25) is 11.5 Å². The van der Waals surface area contributed by atoms with E-state index in [2.05, 4.69) is 11.6 Å². The molecule has 0 saturated carbocycles. The average Bonchev–Trinajstić information content (AvgIpc) is 2.65. The van der Waals surface area contributed by atoms with Gasteiger partial charge in [-0.1, -0.05) is 25.1 Å². The summed E-state index contributed by atoms with van der Waals surface area (Å²) in [7, 11) is 1.92. The van der Waals surface area contributed by atoms with E-state index in [0.717, 1.165) is 11.0 Å². The Morgan fingerprint density at radius 1 is 1.37 bits per heavy atom. The highest BCUT2D eigenvalue weighted by molar-refractivity contribution is 5.85. The number of rotatable bonds is 3. The Balaban J connectivity index is 0.00000180. The van der Waals surface area contributed by atoms with E-state index in [4.69, 9.17) is 0 Å². The van der Waals surface area contributed by atoms with Gasteiger partial charge in [-0.2, -0.15) is 4.99 Å². The van der Waals surface area contributed by atoms with Crippen LogP contribution in [0, 0.1) is 0 Å². The highest BCUT2D eigenvalue weighted by Gasteiger charge is 2.08. The second kappa shape index (κ2) is 6.38. The number of allylic oxidation sites excluding steroid dienone is 1. The Morgan fingerprint density at radius 3 is 2.58 bits per heavy atom. The van der Waals surface area contributed by atoms with Crippen molar-refractivity contribution in [3.63, 3.8) is 0 Å². The Bertz CT molecular complexity index is 667. The van der Waals surface area contributed by atoms with Crippen molar-refractivity contribution in [3.8, 4) is 0 Å². The molecule has 19 heavy (non-hydrogen) atoms. The molecule has 1 heterocycles. The minimum atomic E-state index is -0.112. The van der Waals surface area contributed by atoms with Crippen molar-refractivity contribution in [2.45, 2.75) is 19.9 Å². The first-order valence-electron chi connectivity index (χ1n) is 6.01. The molecule has 102 valence electrons. The highest BCUT2D eigenvalue weighted by atomic mass is 35.5. The van der Waals surface area contributed by atoms with Gasteiger partial charge in [-0.3, -0.25) is 4.79 Å². The normalized spacial score (nSPS) is 11.4. The molecular formula is C14H18ClN3O. The second-order valence-electron chi connectivity index (χ2n) is 4.11. The summed E-state index contributed by atoms with van der Waals surface area (Å²) in [5.41, 5.74) is 2.78. The summed E-state index contributed by atoms with van der Waals surface area (Å²) in [5, 5.41) is 0. The second-order valence-corrected chi connectivity index (χ2v) is 4.11. The van der Waals surface area contributed by atoms with E-state index < -0.39 is 0 Å². The summed E-state index contributed by atoms with van der Waals surface area (Å²) in [6.45, 7) is 6.20. The molecular weight excluding hydrogens is 262 g/mol. The summed E-state index contributed by atoms with van der Waals surface area (Å²) in [6.07, 6.45) is 2.22. The lowest BCUT2D eigenvalue weighted by molar-refractivity contribution is -0.117. The maximum atomic E-state index is 11.5. The number of hydrogen-bond acceptors (Lipinski definition) is 1. The first kappa shape index (κ1) is 15.2. The molecule has 1 aromatic carbocycles. The minimum Gasteiger partial charge on any atom is -0.313 e. The zero-order valence-corrected chi connectivity index (χ0v) is 12.0. The van der Waals surface area contributed by atoms with Crippen LogP contribution < -0.4 is 5.62 Å². The van der Waals surface area contributed by atoms with Crippen LogP contribution in [0.25, 0.3) is 11.0 Å². The molecule has 1 amide bonds. The fourth-order valence-electron chi connectivity index (χ4n) is 2.01. The Morgan fingerprint density at radius 2 is 2.00 bits per heavy atom. The predicted octanol–water partition coefficient (Wildman–Crippen LogP) is 2.42. The average molecular weight is 280 g/mol. The van der Waals surface area contributed by atoms with Crippen molar-refractivity contribution < 1.29 is 4.79 Å². The zero-order chi connectivity index (χ0) is 13.1. The third-order valence-electron chi connectivity index (χ3n) is 2.91. The number of aryl methyl sites for hydroxylation is 1. The monoisotopic (exact) mass is 279 g/mol. The van der Waals surface area contributed by atoms with Crippen molar-refractivity contribution in [2.24, 2.45) is 12.0 Å². The first-order valence-corrected chi connectivity index (χ1v) is 6.01. The van der Waals surface area contributed by atoms with Crippen LogP contribution in [0.5, 0.6) is 0 Å². The van der Waals surface area contributed by atoms with Crippen LogP contribution in [-0.4, -0.2) is 15.0 Å². The summed E-state index contributed by atoms with van der Waals surface area (Å²) in [5.74, 6) is -0.112. The van der Waals surface area contributed by atoms with Gasteiger partial charge in [0.15, 0.2) is 0 Å². The Hall–Kier alpha value is -1.81. The molecule has 0 aliphatic rings. The van der Waals surface area contributed by atoms with Crippen molar-refractivity contribution in [1.82, 2.24) is 9.13 Å². The number of aromatic nitrogens is 2. The fraction of sp³-hybridized carbons (Fsp3) is 0.286. The molecule has 0 spiro atoms. The molecule has 0 aliphatic heterocycles. The number of halogens is 1. The molecule has 2 aromatic rings. The molecule has 0 unspecified atom stereocenters. The largest absolute Gasteiger partial charge is 0.313 e. The third-order valence-corrected chi connectivity index (χ3v) is 2.91. The molecule has 0 bridgehead atoms. The maximum absolute atomic E-state index is 11.5. The Kier molecular flexibility index (Phi) is 5.12. The molecule has 0 atom stereocenters. The fourth-order valence-corrected chi connectivity index (χ4v) is 2.01. The van der Waals surface area contributed by atoms with Gasteiger partial charge in [-0.05, 0) is 12.1 Å². The van der Waals surface area contributed by atoms with Crippen molar-refractivity contribution >= 4 is 29.3 Å². The molecule has 0 fully saturated rings. The standard InChI is InChI=1S/C14H17N3O.ClH/c1-4-10-17-12-9-7-6-8-11(12)16(3)14(17)15-13(18)5-2;/h4,6-9H,1,5,10H2,2-3H3;1H. The first-order chi connectivity index (χ1) is 8.69. The number of carbonyl (C=O) groups is 1. The minimum absolute atomic E-state index is 0. The highest BCUT2D eigenvalue weighted by Crippen LogP contribution is 2.11. The van der Waals surface area contributed by atoms with Crippen molar-refractivity contribution in [1.29, 1.82) is 0 Å². The molecule has 0 N–H and O–H groups in total. The lowest BCUT2D eigenvalue weighted by Gasteiger charge is -1.99. The van der Waals surface area contributed by atoms with Crippen LogP contribution in [0.3, 0.4) is 0 Å². The van der Waals surface area contributed by atoms with Crippen molar-refractivity contribution in [3.05, 3.63) is 42.5 Å². The summed E-state index contributed by atoms with van der Waals surface area (Å²) in [4.78, 5) is 15.7. The van der Waals surface area contributed by atoms with Gasteiger partial charge in [0.1, 0.15) is 0 Å². The van der Waals surface area contributed by atoms with Crippen LogP contribution in [-0.2, 0) is 18.4 Å². The van der Waals surface area contributed by atoms with Gasteiger partial charge in [0, 0.05) is 20.0 Å². The van der Waals surface area contributed by atoms with E-state index in [0.29, 0.717) is 18.6 Å². The van der Waals surface area contributed by atoms with Gasteiger partial charge in [0.25, 0.3) is 0 Å². The van der Waals surface area contributed by atoms with E-state index in [1.54, 1.807) is 0 Å². The number of fused-ring (bicyclic) bond motifs is 1. The van der Waals surface area contributed by atoms with E-state index in [9.17, 15) is 4.79 Å². The molecule has 0 saturated heterocycles. The van der Waals surface area contributed by atoms with E-state index in [1.807, 2.05) is 53.4 Å². The smallest absolute Gasteiger partial charge is 0.248 e. The predicted molar refractivity (Wildman–Crippen MR) is 79.2 cm³/mol. The number of carbonyl (C=O) groups excluding carboxylic acids is 1. The number of benzene rings is 1. The molecule has 0 radical (unpaired) electrons. The quantitative estimate of drug-likeness (QED) is 0.796. The van der Waals surface area contributed by atoms with Gasteiger partial charge >= 0.3 is 0 Å². The van der Waals surface area contributed by atoms with E-state index in [-0.39, 0.29) is 18.3 Å². The summed E-state index contributed by atoms with van der Waals surface area (Å²) < 4.78 is 3.93. The van der Waals surface area contributed by atoms with Gasteiger partial charge in [-0.25, -0.2) is 0 Å². The van der Waals surface area contributed by atoms with Crippen LogP contribution in [0.2, 0.25) is 0 Å². The number of para-hydroxylation sites is 2. The third kappa shape index (κ3) is 2.79. The zero-order valence-electron chi connectivity index (χ0n) is 11.2. The molecule has 1 aromatic heterocycles. The number of amides is 1. The van der Waals surface area contributed by atoms with Gasteiger partial charge in [0.05, 0.1) is 11.0 Å². The van der Waals surface area contributed by atoms with Crippen LogP contribution in [0.1, 0.15) is 13.3 Å². The Labute approximate surface area is 118 Å². The van der Waals surface area contributed by atoms with Gasteiger partial charge < -0.3 is 9.13 Å². The number of nitrogens with zero attached hydrogens (tertiary/aromatic N) is 3. The summed E-state index contributed by atoms with van der Waals surface area (Å²) >= 11 is 0. The lowest BCUT2D eigenvalue weighted by Crippen LogP contribution is -2.25. The maximum Gasteiger partial charge on any atom is 0.248 e. The molecule has 2 rings (SSSR count).